The Morgan fingerprint density at radius 3 is 3.00 bits per heavy atom. The minimum Gasteiger partial charge on any atom is -0.371 e. The summed E-state index contributed by atoms with van der Waals surface area (Å²) in [5.74, 6) is 0.688. The summed E-state index contributed by atoms with van der Waals surface area (Å²) in [5, 5.41) is 0. The van der Waals surface area contributed by atoms with Gasteiger partial charge in [0.25, 0.3) is 0 Å². The van der Waals surface area contributed by atoms with E-state index >= 15 is 0 Å². The van der Waals surface area contributed by atoms with Crippen molar-refractivity contribution in [2.24, 2.45) is 11.7 Å². The maximum absolute atomic E-state index is 5.68. The molecule has 76 valence electrons. The van der Waals surface area contributed by atoms with Crippen molar-refractivity contribution in [1.29, 1.82) is 0 Å². The van der Waals surface area contributed by atoms with Crippen LogP contribution in [0.1, 0.15) is 6.42 Å². The Bertz CT molecular complexity index is 314. The molecular formula is C11H15IN2. The first kappa shape index (κ1) is 10.2. The van der Waals surface area contributed by atoms with E-state index in [-0.39, 0.29) is 0 Å². The van der Waals surface area contributed by atoms with E-state index < -0.39 is 0 Å². The molecule has 1 aliphatic heterocycles. The van der Waals surface area contributed by atoms with Gasteiger partial charge < -0.3 is 10.6 Å². The van der Waals surface area contributed by atoms with E-state index in [1.165, 1.54) is 15.7 Å². The first-order valence-corrected chi connectivity index (χ1v) is 6.08. The molecule has 0 radical (unpaired) electrons. The van der Waals surface area contributed by atoms with Gasteiger partial charge in [0.15, 0.2) is 0 Å². The number of anilines is 1. The van der Waals surface area contributed by atoms with Gasteiger partial charge in [0.2, 0.25) is 0 Å². The molecule has 1 saturated heterocycles. The molecule has 1 unspecified atom stereocenters. The number of nitrogens with zero attached hydrogens (tertiary/aromatic N) is 1. The molecule has 0 aromatic heterocycles. The van der Waals surface area contributed by atoms with Crippen molar-refractivity contribution in [3.05, 3.63) is 27.8 Å². The number of hydrogen-bond donors (Lipinski definition) is 1. The SMILES string of the molecule is NCC1CCN(c2cccc(I)c2)C1. The second-order valence-electron chi connectivity index (χ2n) is 3.82. The van der Waals surface area contributed by atoms with Crippen LogP contribution in [0.15, 0.2) is 24.3 Å². The van der Waals surface area contributed by atoms with Crippen LogP contribution in [0.5, 0.6) is 0 Å². The molecule has 1 aliphatic rings. The third kappa shape index (κ3) is 2.20. The molecule has 0 aliphatic carbocycles. The van der Waals surface area contributed by atoms with E-state index in [1.807, 2.05) is 0 Å². The van der Waals surface area contributed by atoms with Crippen LogP contribution in [0.3, 0.4) is 0 Å². The minimum absolute atomic E-state index is 0.688. The zero-order chi connectivity index (χ0) is 9.97. The number of halogens is 1. The van der Waals surface area contributed by atoms with Crippen molar-refractivity contribution in [2.45, 2.75) is 6.42 Å². The summed E-state index contributed by atoms with van der Waals surface area (Å²) in [6, 6.07) is 8.66. The van der Waals surface area contributed by atoms with Gasteiger partial charge in [0.1, 0.15) is 0 Å². The Hall–Kier alpha value is -0.290. The fourth-order valence-electron chi connectivity index (χ4n) is 1.93. The molecule has 0 bridgehead atoms. The smallest absolute Gasteiger partial charge is 0.0376 e. The molecule has 0 saturated carbocycles. The van der Waals surface area contributed by atoms with Gasteiger partial charge in [-0.15, -0.1) is 0 Å². The zero-order valence-corrected chi connectivity index (χ0v) is 10.3. The van der Waals surface area contributed by atoms with Crippen LogP contribution >= 0.6 is 22.6 Å². The quantitative estimate of drug-likeness (QED) is 0.848. The predicted octanol–water partition coefficient (Wildman–Crippen LogP) is 2.08. The highest BCUT2D eigenvalue weighted by atomic mass is 127. The highest BCUT2D eigenvalue weighted by molar-refractivity contribution is 14.1. The highest BCUT2D eigenvalue weighted by Gasteiger charge is 2.21. The van der Waals surface area contributed by atoms with Gasteiger partial charge in [-0.1, -0.05) is 6.07 Å². The zero-order valence-electron chi connectivity index (χ0n) is 8.12. The normalized spacial score (nSPS) is 21.6. The number of hydrogen-bond acceptors (Lipinski definition) is 2. The largest absolute Gasteiger partial charge is 0.371 e. The summed E-state index contributed by atoms with van der Waals surface area (Å²) in [7, 11) is 0. The molecule has 2 rings (SSSR count). The Labute approximate surface area is 98.6 Å². The molecule has 0 spiro atoms. The summed E-state index contributed by atoms with van der Waals surface area (Å²) in [6.07, 6.45) is 1.24. The average molecular weight is 302 g/mol. The van der Waals surface area contributed by atoms with Gasteiger partial charge in [-0.05, 0) is 59.7 Å². The van der Waals surface area contributed by atoms with E-state index in [0.29, 0.717) is 5.92 Å². The van der Waals surface area contributed by atoms with Crippen molar-refractivity contribution < 1.29 is 0 Å². The molecule has 3 heteroatoms. The molecule has 1 heterocycles. The van der Waals surface area contributed by atoms with E-state index in [9.17, 15) is 0 Å². The van der Waals surface area contributed by atoms with Crippen LogP contribution in [0.4, 0.5) is 5.69 Å². The lowest BCUT2D eigenvalue weighted by molar-refractivity contribution is 0.602. The van der Waals surface area contributed by atoms with E-state index in [0.717, 1.165) is 19.6 Å². The summed E-state index contributed by atoms with van der Waals surface area (Å²) >= 11 is 2.36. The van der Waals surface area contributed by atoms with E-state index in [4.69, 9.17) is 5.73 Å². The Kier molecular flexibility index (Phi) is 3.28. The molecule has 1 fully saturated rings. The van der Waals surface area contributed by atoms with E-state index in [2.05, 4.69) is 51.8 Å². The lowest BCUT2D eigenvalue weighted by atomic mass is 10.1. The fourth-order valence-corrected chi connectivity index (χ4v) is 2.46. The maximum Gasteiger partial charge on any atom is 0.0376 e. The first-order chi connectivity index (χ1) is 6.79. The van der Waals surface area contributed by atoms with Crippen molar-refractivity contribution in [1.82, 2.24) is 0 Å². The van der Waals surface area contributed by atoms with Crippen molar-refractivity contribution in [2.75, 3.05) is 24.5 Å². The molecule has 1 aromatic rings. The number of benzene rings is 1. The fraction of sp³-hybridized carbons (Fsp3) is 0.455. The van der Waals surface area contributed by atoms with Gasteiger partial charge in [0, 0.05) is 22.3 Å². The lowest BCUT2D eigenvalue weighted by Crippen LogP contribution is -2.22. The molecule has 2 nitrogen and oxygen atoms in total. The van der Waals surface area contributed by atoms with Crippen LogP contribution in [-0.2, 0) is 0 Å². The molecule has 2 N–H and O–H groups in total. The molecule has 1 aromatic carbocycles. The van der Waals surface area contributed by atoms with Gasteiger partial charge in [0.05, 0.1) is 0 Å². The number of nitrogens with two attached hydrogens (primary N) is 1. The topological polar surface area (TPSA) is 29.3 Å². The molecule has 0 amide bonds. The second kappa shape index (κ2) is 4.49. The van der Waals surface area contributed by atoms with E-state index in [1.54, 1.807) is 0 Å². The van der Waals surface area contributed by atoms with Gasteiger partial charge >= 0.3 is 0 Å². The van der Waals surface area contributed by atoms with Gasteiger partial charge in [-0.25, -0.2) is 0 Å². The van der Waals surface area contributed by atoms with Gasteiger partial charge in [-0.3, -0.25) is 0 Å². The Balaban J connectivity index is 2.09. The predicted molar refractivity (Wildman–Crippen MR) is 68.5 cm³/mol. The molecular weight excluding hydrogens is 287 g/mol. The summed E-state index contributed by atoms with van der Waals surface area (Å²) in [5.41, 5.74) is 7.02. The third-order valence-corrected chi connectivity index (χ3v) is 3.46. The highest BCUT2D eigenvalue weighted by Crippen LogP contribution is 2.24. The molecule has 14 heavy (non-hydrogen) atoms. The number of rotatable bonds is 2. The van der Waals surface area contributed by atoms with Crippen molar-refractivity contribution in [3.63, 3.8) is 0 Å². The standard InChI is InChI=1S/C11H15IN2/c12-10-2-1-3-11(6-10)14-5-4-9(7-13)8-14/h1-3,6,9H,4-5,7-8,13H2. The summed E-state index contributed by atoms with van der Waals surface area (Å²) < 4.78 is 1.30. The van der Waals surface area contributed by atoms with Crippen LogP contribution in [0.25, 0.3) is 0 Å². The third-order valence-electron chi connectivity index (χ3n) is 2.79. The Morgan fingerprint density at radius 1 is 1.50 bits per heavy atom. The summed E-state index contributed by atoms with van der Waals surface area (Å²) in [6.45, 7) is 3.10. The maximum atomic E-state index is 5.68. The van der Waals surface area contributed by atoms with Crippen LogP contribution in [0, 0.1) is 9.49 Å². The summed E-state index contributed by atoms with van der Waals surface area (Å²) in [4.78, 5) is 2.43. The van der Waals surface area contributed by atoms with Crippen LogP contribution in [-0.4, -0.2) is 19.6 Å². The monoisotopic (exact) mass is 302 g/mol. The minimum atomic E-state index is 0.688. The Morgan fingerprint density at radius 2 is 2.36 bits per heavy atom. The lowest BCUT2D eigenvalue weighted by Gasteiger charge is -2.18. The van der Waals surface area contributed by atoms with Crippen LogP contribution < -0.4 is 10.6 Å². The van der Waals surface area contributed by atoms with Crippen molar-refractivity contribution in [3.8, 4) is 0 Å². The molecule has 1 atom stereocenters. The average Bonchev–Trinajstić information content (AvgIpc) is 2.66. The first-order valence-electron chi connectivity index (χ1n) is 5.00. The van der Waals surface area contributed by atoms with Crippen molar-refractivity contribution >= 4 is 28.3 Å². The van der Waals surface area contributed by atoms with Gasteiger partial charge in [-0.2, -0.15) is 0 Å². The second-order valence-corrected chi connectivity index (χ2v) is 5.06. The van der Waals surface area contributed by atoms with Crippen LogP contribution in [0.2, 0.25) is 0 Å².